The first-order valence-electron chi connectivity index (χ1n) is 14.5. The summed E-state index contributed by atoms with van der Waals surface area (Å²) in [6.07, 6.45) is 5.39. The van der Waals surface area contributed by atoms with Gasteiger partial charge in [-0.1, -0.05) is 56.7 Å². The van der Waals surface area contributed by atoms with Crippen LogP contribution in [0.4, 0.5) is 0 Å². The highest BCUT2D eigenvalue weighted by molar-refractivity contribution is 5.99. The first-order valence-corrected chi connectivity index (χ1v) is 14.5. The van der Waals surface area contributed by atoms with Gasteiger partial charge in [0, 0.05) is 12.6 Å². The van der Waals surface area contributed by atoms with Crippen LogP contribution >= 0.6 is 0 Å². The van der Waals surface area contributed by atoms with Gasteiger partial charge in [-0.05, 0) is 51.5 Å². The van der Waals surface area contributed by atoms with Crippen molar-refractivity contribution in [1.82, 2.24) is 9.80 Å². The van der Waals surface area contributed by atoms with Gasteiger partial charge in [-0.15, -0.1) is 6.58 Å². The fourth-order valence-electron chi connectivity index (χ4n) is 7.41. The molecule has 3 saturated heterocycles. The minimum absolute atomic E-state index is 0.0748. The van der Waals surface area contributed by atoms with Crippen LogP contribution in [-0.4, -0.2) is 81.8 Å². The molecule has 1 aromatic rings. The molecule has 1 spiro atoms. The Hall–Kier alpha value is -2.71. The minimum Gasteiger partial charge on any atom is -0.466 e. The quantitative estimate of drug-likeness (QED) is 0.304. The summed E-state index contributed by atoms with van der Waals surface area (Å²) in [7, 11) is 0. The van der Waals surface area contributed by atoms with Crippen molar-refractivity contribution in [3.8, 4) is 0 Å². The summed E-state index contributed by atoms with van der Waals surface area (Å²) in [6.45, 7) is 11.9. The Kier molecular flexibility index (Phi) is 8.86. The van der Waals surface area contributed by atoms with E-state index in [4.69, 9.17) is 9.47 Å². The molecule has 1 aromatic carbocycles. The molecule has 3 aliphatic heterocycles. The number of aliphatic hydroxyl groups is 1. The number of rotatable bonds is 13. The fraction of sp³-hybridized carbons (Fsp3) is 0.645. The summed E-state index contributed by atoms with van der Waals surface area (Å²) < 4.78 is 12.3. The number of fused-ring (bicyclic) bond motifs is 1. The van der Waals surface area contributed by atoms with Crippen molar-refractivity contribution in [2.75, 3.05) is 19.8 Å². The Balaban J connectivity index is 1.84. The molecule has 0 aromatic heterocycles. The summed E-state index contributed by atoms with van der Waals surface area (Å²) in [6, 6.07) is 7.95. The number of hydrogen-bond acceptors (Lipinski definition) is 6. The maximum Gasteiger partial charge on any atom is 0.312 e. The third-order valence-electron chi connectivity index (χ3n) is 9.16. The van der Waals surface area contributed by atoms with Crippen molar-refractivity contribution in [3.63, 3.8) is 0 Å². The second-order valence-corrected chi connectivity index (χ2v) is 11.3. The van der Waals surface area contributed by atoms with E-state index in [1.54, 1.807) is 22.8 Å². The molecule has 3 aliphatic rings. The monoisotopic (exact) mass is 540 g/mol. The summed E-state index contributed by atoms with van der Waals surface area (Å²) >= 11 is 0. The molecule has 2 bridgehead atoms. The highest BCUT2D eigenvalue weighted by Gasteiger charge is 2.79. The number of aliphatic hydroxyl groups excluding tert-OH is 1. The van der Waals surface area contributed by atoms with E-state index in [2.05, 4.69) is 13.5 Å². The van der Waals surface area contributed by atoms with Gasteiger partial charge < -0.3 is 24.4 Å². The average Bonchev–Trinajstić information content (AvgIpc) is 3.54. The molecule has 7 atom stereocenters. The molecule has 39 heavy (non-hydrogen) atoms. The first kappa shape index (κ1) is 29.3. The Morgan fingerprint density at radius 2 is 1.97 bits per heavy atom. The van der Waals surface area contributed by atoms with Gasteiger partial charge in [0.1, 0.15) is 17.6 Å². The van der Waals surface area contributed by atoms with Gasteiger partial charge in [0.15, 0.2) is 0 Å². The van der Waals surface area contributed by atoms with Crippen LogP contribution in [0.2, 0.25) is 0 Å². The Bertz CT molecular complexity index is 1060. The zero-order chi connectivity index (χ0) is 28.4. The average molecular weight is 541 g/mol. The number of likely N-dealkylation sites (tertiary alicyclic amines) is 1. The first-order chi connectivity index (χ1) is 18.7. The number of ether oxygens (including phenoxy) is 2. The SMILES string of the molecule is C=CCN(C(=O)C1N([C@@H](CO)Cc2ccccc2)C(=O)[C@@H]2[C@@H](C(=O)OCC)[C@@]3(CC)CCC12O3)C(C)CCC. The van der Waals surface area contributed by atoms with Crippen LogP contribution in [-0.2, 0) is 30.3 Å². The molecule has 0 saturated carbocycles. The lowest BCUT2D eigenvalue weighted by Crippen LogP contribution is -2.60. The lowest BCUT2D eigenvalue weighted by atomic mass is 9.65. The van der Waals surface area contributed by atoms with Crippen LogP contribution in [0.5, 0.6) is 0 Å². The van der Waals surface area contributed by atoms with Crippen molar-refractivity contribution >= 4 is 17.8 Å². The van der Waals surface area contributed by atoms with E-state index >= 15 is 0 Å². The molecule has 0 radical (unpaired) electrons. The second-order valence-electron chi connectivity index (χ2n) is 11.3. The summed E-state index contributed by atoms with van der Waals surface area (Å²) in [5, 5.41) is 10.6. The summed E-state index contributed by atoms with van der Waals surface area (Å²) in [5.41, 5.74) is -1.05. The molecule has 8 heteroatoms. The molecule has 3 fully saturated rings. The molecule has 2 amide bonds. The summed E-state index contributed by atoms with van der Waals surface area (Å²) in [4.78, 5) is 45.8. The molecule has 1 N–H and O–H groups in total. The zero-order valence-corrected chi connectivity index (χ0v) is 23.8. The maximum atomic E-state index is 14.6. The standard InChI is InChI=1S/C31H44N2O6/c1-6-13-21(5)32(18-7-2)28(36)26-31-17-16-30(8-3,39-31)25(29(37)38-9-4)24(31)27(35)33(26)23(20-34)19-22-14-11-10-12-15-22/h7,10-12,14-15,21,23-26,34H,2,6,8-9,13,16-20H2,1,3-5H3/t21?,23-,24+,25+,26?,30-,31?/m1/s1. The van der Waals surface area contributed by atoms with Crippen molar-refractivity contribution < 1.29 is 29.0 Å². The van der Waals surface area contributed by atoms with E-state index in [-0.39, 0.29) is 31.1 Å². The van der Waals surface area contributed by atoms with E-state index in [9.17, 15) is 19.5 Å². The highest BCUT2D eigenvalue weighted by Crippen LogP contribution is 2.65. The Labute approximate surface area is 232 Å². The molecule has 3 heterocycles. The highest BCUT2D eigenvalue weighted by atomic mass is 16.6. The minimum atomic E-state index is -1.16. The number of nitrogens with zero attached hydrogens (tertiary/aromatic N) is 2. The van der Waals surface area contributed by atoms with E-state index in [1.165, 1.54) is 0 Å². The predicted molar refractivity (Wildman–Crippen MR) is 148 cm³/mol. The molecular weight excluding hydrogens is 496 g/mol. The Morgan fingerprint density at radius 1 is 1.26 bits per heavy atom. The summed E-state index contributed by atoms with van der Waals surface area (Å²) in [5.74, 6) is -2.59. The van der Waals surface area contributed by atoms with Crippen molar-refractivity contribution in [3.05, 3.63) is 48.6 Å². The van der Waals surface area contributed by atoms with E-state index in [0.717, 1.165) is 18.4 Å². The molecule has 0 aliphatic carbocycles. The van der Waals surface area contributed by atoms with Crippen LogP contribution in [0, 0.1) is 11.8 Å². The lowest BCUT2D eigenvalue weighted by molar-refractivity contribution is -0.163. The third-order valence-corrected chi connectivity index (χ3v) is 9.16. The van der Waals surface area contributed by atoms with Crippen molar-refractivity contribution in [2.45, 2.75) is 95.5 Å². The normalized spacial score (nSPS) is 30.6. The maximum absolute atomic E-state index is 14.6. The third kappa shape index (κ3) is 4.80. The van der Waals surface area contributed by atoms with Crippen molar-refractivity contribution in [2.24, 2.45) is 11.8 Å². The van der Waals surface area contributed by atoms with E-state index in [0.29, 0.717) is 32.2 Å². The van der Waals surface area contributed by atoms with Gasteiger partial charge in [0.25, 0.3) is 0 Å². The molecular formula is C31H44N2O6. The van der Waals surface area contributed by atoms with Gasteiger partial charge in [-0.25, -0.2) is 0 Å². The Morgan fingerprint density at radius 3 is 2.56 bits per heavy atom. The van der Waals surface area contributed by atoms with Gasteiger partial charge in [0.2, 0.25) is 11.8 Å². The van der Waals surface area contributed by atoms with E-state index in [1.807, 2.05) is 44.2 Å². The number of hydrogen-bond donors (Lipinski definition) is 1. The number of carbonyl (C=O) groups excluding carboxylic acids is 3. The topological polar surface area (TPSA) is 96.4 Å². The number of benzene rings is 1. The number of esters is 1. The molecule has 4 rings (SSSR count). The lowest BCUT2D eigenvalue weighted by Gasteiger charge is -2.41. The van der Waals surface area contributed by atoms with E-state index < -0.39 is 41.1 Å². The zero-order valence-electron chi connectivity index (χ0n) is 23.8. The molecule has 214 valence electrons. The predicted octanol–water partition coefficient (Wildman–Crippen LogP) is 3.51. The van der Waals surface area contributed by atoms with Gasteiger partial charge in [0.05, 0.1) is 30.8 Å². The van der Waals surface area contributed by atoms with Gasteiger partial charge in [-0.2, -0.15) is 0 Å². The fourth-order valence-corrected chi connectivity index (χ4v) is 7.41. The number of carbonyl (C=O) groups is 3. The van der Waals surface area contributed by atoms with Crippen LogP contribution in [0.3, 0.4) is 0 Å². The van der Waals surface area contributed by atoms with Crippen LogP contribution < -0.4 is 0 Å². The van der Waals surface area contributed by atoms with Gasteiger partial charge >= 0.3 is 5.97 Å². The van der Waals surface area contributed by atoms with Crippen LogP contribution in [0.25, 0.3) is 0 Å². The smallest absolute Gasteiger partial charge is 0.312 e. The van der Waals surface area contributed by atoms with Gasteiger partial charge in [-0.3, -0.25) is 14.4 Å². The molecule has 3 unspecified atom stereocenters. The second kappa shape index (κ2) is 11.8. The molecule has 8 nitrogen and oxygen atoms in total. The largest absolute Gasteiger partial charge is 0.466 e. The van der Waals surface area contributed by atoms with Crippen LogP contribution in [0.1, 0.15) is 65.4 Å². The number of amides is 2. The van der Waals surface area contributed by atoms with Crippen molar-refractivity contribution in [1.29, 1.82) is 0 Å². The van der Waals surface area contributed by atoms with Crippen LogP contribution in [0.15, 0.2) is 43.0 Å².